The zero-order chi connectivity index (χ0) is 21.0. The van der Waals surface area contributed by atoms with Crippen molar-refractivity contribution >= 4 is 55.8 Å². The van der Waals surface area contributed by atoms with Crippen molar-refractivity contribution in [3.05, 3.63) is 62.2 Å². The van der Waals surface area contributed by atoms with Crippen molar-refractivity contribution in [2.45, 2.75) is 20.3 Å². The van der Waals surface area contributed by atoms with E-state index in [1.54, 1.807) is 31.2 Å². The number of hydrogen-bond donors (Lipinski definition) is 0. The molecule has 0 saturated heterocycles. The Morgan fingerprint density at radius 2 is 1.93 bits per heavy atom. The van der Waals surface area contributed by atoms with Gasteiger partial charge in [0.05, 0.1) is 16.6 Å². The molecular formula is C21H17Br2NO5. The molecule has 150 valence electrons. The van der Waals surface area contributed by atoms with Gasteiger partial charge in [0, 0.05) is 10.9 Å². The van der Waals surface area contributed by atoms with Crippen LogP contribution < -0.4 is 9.47 Å². The van der Waals surface area contributed by atoms with E-state index in [1.165, 1.54) is 0 Å². The van der Waals surface area contributed by atoms with Crippen LogP contribution in [0.5, 0.6) is 11.5 Å². The molecule has 0 aromatic heterocycles. The molecule has 0 spiro atoms. The molecule has 2 aromatic rings. The second kappa shape index (κ2) is 9.37. The van der Waals surface area contributed by atoms with E-state index >= 15 is 0 Å². The van der Waals surface area contributed by atoms with Crippen LogP contribution in [0.3, 0.4) is 0 Å². The molecule has 0 aliphatic carbocycles. The van der Waals surface area contributed by atoms with Crippen LogP contribution in [-0.2, 0) is 14.3 Å². The van der Waals surface area contributed by atoms with Crippen LogP contribution in [0.2, 0.25) is 0 Å². The molecule has 0 saturated carbocycles. The van der Waals surface area contributed by atoms with Crippen molar-refractivity contribution in [1.82, 2.24) is 0 Å². The summed E-state index contributed by atoms with van der Waals surface area (Å²) in [7, 11) is 0. The molecule has 1 heterocycles. The monoisotopic (exact) mass is 521 g/mol. The average Bonchev–Trinajstić information content (AvgIpc) is 3.05. The molecule has 1 aliphatic heterocycles. The number of benzene rings is 2. The Kier molecular flexibility index (Phi) is 6.87. The number of hydrogen-bond acceptors (Lipinski definition) is 6. The van der Waals surface area contributed by atoms with Gasteiger partial charge in [-0.3, -0.25) is 4.79 Å². The molecule has 0 bridgehead atoms. The Morgan fingerprint density at radius 1 is 1.17 bits per heavy atom. The molecule has 3 rings (SSSR count). The molecule has 0 radical (unpaired) electrons. The Morgan fingerprint density at radius 3 is 2.62 bits per heavy atom. The van der Waals surface area contributed by atoms with Crippen LogP contribution >= 0.6 is 31.9 Å². The Hall–Kier alpha value is -2.45. The molecule has 6 nitrogen and oxygen atoms in total. The van der Waals surface area contributed by atoms with Crippen molar-refractivity contribution in [3.63, 3.8) is 0 Å². The number of aliphatic imine (C=N–C) groups is 1. The van der Waals surface area contributed by atoms with E-state index in [0.717, 1.165) is 4.47 Å². The van der Waals surface area contributed by atoms with Crippen molar-refractivity contribution < 1.29 is 23.8 Å². The summed E-state index contributed by atoms with van der Waals surface area (Å²) in [5, 5.41) is 0. The first-order valence-corrected chi connectivity index (χ1v) is 10.5. The van der Waals surface area contributed by atoms with Crippen LogP contribution in [-0.4, -0.2) is 24.4 Å². The van der Waals surface area contributed by atoms with E-state index in [4.69, 9.17) is 14.2 Å². The highest BCUT2D eigenvalue weighted by Crippen LogP contribution is 2.38. The highest BCUT2D eigenvalue weighted by Gasteiger charge is 2.25. The summed E-state index contributed by atoms with van der Waals surface area (Å²) >= 11 is 6.83. The number of nitrogens with zero attached hydrogens (tertiary/aromatic N) is 1. The van der Waals surface area contributed by atoms with Gasteiger partial charge in [0.15, 0.2) is 17.2 Å². The highest BCUT2D eigenvalue weighted by atomic mass is 79.9. The Balaban J connectivity index is 1.98. The number of ether oxygens (including phenoxy) is 3. The molecular weight excluding hydrogens is 506 g/mol. The van der Waals surface area contributed by atoms with Crippen LogP contribution in [0.15, 0.2) is 56.0 Å². The second-order valence-corrected chi connectivity index (χ2v) is 7.62. The third-order valence-electron chi connectivity index (χ3n) is 3.86. The quantitative estimate of drug-likeness (QED) is 0.293. The topological polar surface area (TPSA) is 74.2 Å². The maximum Gasteiger partial charge on any atom is 0.363 e. The maximum absolute atomic E-state index is 12.3. The summed E-state index contributed by atoms with van der Waals surface area (Å²) in [5.41, 5.74) is 1.48. The molecule has 0 amide bonds. The van der Waals surface area contributed by atoms with E-state index in [9.17, 15) is 9.59 Å². The lowest BCUT2D eigenvalue weighted by atomic mass is 10.1. The first kappa shape index (κ1) is 21.3. The molecule has 0 atom stereocenters. The van der Waals surface area contributed by atoms with E-state index in [2.05, 4.69) is 36.9 Å². The summed E-state index contributed by atoms with van der Waals surface area (Å²) in [6.45, 7) is 3.92. The minimum atomic E-state index is -0.550. The molecule has 0 unspecified atom stereocenters. The molecule has 1 aliphatic rings. The van der Waals surface area contributed by atoms with Gasteiger partial charge in [0.25, 0.3) is 0 Å². The van der Waals surface area contributed by atoms with Gasteiger partial charge in [0.1, 0.15) is 0 Å². The van der Waals surface area contributed by atoms with Gasteiger partial charge in [-0.15, -0.1) is 0 Å². The summed E-state index contributed by atoms with van der Waals surface area (Å²) in [5.74, 6) is -0.0124. The first-order valence-electron chi connectivity index (χ1n) is 8.87. The lowest BCUT2D eigenvalue weighted by molar-refractivity contribution is -0.134. The third kappa shape index (κ3) is 4.94. The first-order chi connectivity index (χ1) is 13.9. The van der Waals surface area contributed by atoms with Gasteiger partial charge < -0.3 is 14.2 Å². The van der Waals surface area contributed by atoms with E-state index in [0.29, 0.717) is 33.7 Å². The van der Waals surface area contributed by atoms with Crippen LogP contribution in [0, 0.1) is 0 Å². The van der Waals surface area contributed by atoms with Crippen molar-refractivity contribution in [2.24, 2.45) is 4.99 Å². The number of cyclic esters (lactones) is 1. The average molecular weight is 523 g/mol. The van der Waals surface area contributed by atoms with Crippen LogP contribution in [0.4, 0.5) is 0 Å². The summed E-state index contributed by atoms with van der Waals surface area (Å²) < 4.78 is 17.6. The van der Waals surface area contributed by atoms with Gasteiger partial charge in [-0.05, 0) is 74.7 Å². The summed E-state index contributed by atoms with van der Waals surface area (Å²) in [4.78, 5) is 28.3. The minimum absolute atomic E-state index is 0.156. The Bertz CT molecular complexity index is 1030. The molecule has 0 N–H and O–H groups in total. The fourth-order valence-corrected chi connectivity index (χ4v) is 3.53. The van der Waals surface area contributed by atoms with Crippen LogP contribution in [0.1, 0.15) is 31.4 Å². The fraction of sp³-hybridized carbons (Fsp3) is 0.190. The van der Waals surface area contributed by atoms with Gasteiger partial charge in [-0.1, -0.05) is 19.1 Å². The van der Waals surface area contributed by atoms with Gasteiger partial charge in [0.2, 0.25) is 5.90 Å². The number of carbonyl (C=O) groups excluding carboxylic acids is 2. The van der Waals surface area contributed by atoms with Gasteiger partial charge in [-0.2, -0.15) is 0 Å². The van der Waals surface area contributed by atoms with Gasteiger partial charge in [-0.25, -0.2) is 9.79 Å². The van der Waals surface area contributed by atoms with Crippen molar-refractivity contribution in [2.75, 3.05) is 6.61 Å². The zero-order valence-electron chi connectivity index (χ0n) is 15.7. The van der Waals surface area contributed by atoms with E-state index < -0.39 is 5.97 Å². The van der Waals surface area contributed by atoms with E-state index in [1.807, 2.05) is 25.1 Å². The lowest BCUT2D eigenvalue weighted by Gasteiger charge is -2.13. The number of rotatable bonds is 6. The fourth-order valence-electron chi connectivity index (χ4n) is 2.54. The largest absolute Gasteiger partial charge is 0.490 e. The standard InChI is InChI=1S/C21H17Br2NO5/c1-3-18(25)28-19-15(23)9-12(11-17(19)27-4-2)10-16-21(26)29-20(24-16)13-7-5-6-8-14(13)22/h5-11H,3-4H2,1-2H3/b16-10-. The molecule has 0 fully saturated rings. The molecule has 2 aromatic carbocycles. The number of carbonyl (C=O) groups is 2. The zero-order valence-corrected chi connectivity index (χ0v) is 18.9. The highest BCUT2D eigenvalue weighted by molar-refractivity contribution is 9.10. The maximum atomic E-state index is 12.3. The smallest absolute Gasteiger partial charge is 0.363 e. The molecule has 29 heavy (non-hydrogen) atoms. The third-order valence-corrected chi connectivity index (χ3v) is 5.14. The predicted molar refractivity (Wildman–Crippen MR) is 116 cm³/mol. The normalized spacial score (nSPS) is 14.6. The summed E-state index contributed by atoms with van der Waals surface area (Å²) in [6.07, 6.45) is 1.83. The predicted octanol–water partition coefficient (Wildman–Crippen LogP) is 5.27. The van der Waals surface area contributed by atoms with Crippen molar-refractivity contribution in [3.8, 4) is 11.5 Å². The summed E-state index contributed by atoms with van der Waals surface area (Å²) in [6, 6.07) is 10.7. The number of esters is 2. The minimum Gasteiger partial charge on any atom is -0.490 e. The molecule has 8 heteroatoms. The number of halogens is 2. The SMILES string of the molecule is CCOc1cc(/C=C2\N=C(c3ccccc3Br)OC2=O)cc(Br)c1OC(=O)CC. The van der Waals surface area contributed by atoms with Crippen LogP contribution in [0.25, 0.3) is 6.08 Å². The Labute approximate surface area is 184 Å². The van der Waals surface area contributed by atoms with Crippen molar-refractivity contribution in [1.29, 1.82) is 0 Å². The second-order valence-electron chi connectivity index (χ2n) is 5.91. The lowest BCUT2D eigenvalue weighted by Crippen LogP contribution is -2.08. The van der Waals surface area contributed by atoms with Gasteiger partial charge >= 0.3 is 11.9 Å². The van der Waals surface area contributed by atoms with E-state index in [-0.39, 0.29) is 24.0 Å².